The van der Waals surface area contributed by atoms with Crippen LogP contribution in [0.3, 0.4) is 0 Å². The van der Waals surface area contributed by atoms with E-state index in [1.165, 1.54) is 0 Å². The van der Waals surface area contributed by atoms with Gasteiger partial charge < -0.3 is 9.47 Å². The minimum Gasteiger partial charge on any atom is -0.427 e. The molecule has 0 bridgehead atoms. The largest absolute Gasteiger partial charge is 0.427 e. The molecule has 0 aliphatic heterocycles. The summed E-state index contributed by atoms with van der Waals surface area (Å²) >= 11 is 0. The Balaban J connectivity index is 2.34. The third-order valence-electron chi connectivity index (χ3n) is 4.41. The monoisotopic (exact) mass is 382 g/mol. The van der Waals surface area contributed by atoms with E-state index in [1.807, 2.05) is 13.8 Å². The summed E-state index contributed by atoms with van der Waals surface area (Å²) in [5.74, 6) is 0.229. The van der Waals surface area contributed by atoms with E-state index in [0.717, 1.165) is 11.1 Å². The molecule has 2 aromatic carbocycles. The van der Waals surface area contributed by atoms with Gasteiger partial charge in [-0.15, -0.1) is 0 Å². The van der Waals surface area contributed by atoms with Gasteiger partial charge in [0.15, 0.2) is 5.78 Å². The fourth-order valence-electron chi connectivity index (χ4n) is 2.77. The molecule has 0 atom stereocenters. The average Bonchev–Trinajstić information content (AvgIpc) is 2.73. The fraction of sp³-hybridized carbons (Fsp3) is 0.348. The molecule has 2 rings (SSSR count). The molecule has 0 amide bonds. The molecule has 0 heterocycles. The minimum absolute atomic E-state index is 0.133. The van der Waals surface area contributed by atoms with Crippen molar-refractivity contribution < 1.29 is 23.9 Å². The first kappa shape index (κ1) is 21.4. The SMILES string of the molecule is CCC(=O)Oc1ccc(C(=O)c2cc(CC)c(OC(=O)CC)c(CC)c2)cc1. The first-order valence-corrected chi connectivity index (χ1v) is 9.65. The molecule has 0 aliphatic rings. The van der Waals surface area contributed by atoms with E-state index in [0.29, 0.717) is 41.9 Å². The van der Waals surface area contributed by atoms with Gasteiger partial charge in [0.05, 0.1) is 0 Å². The molecule has 0 fully saturated rings. The number of rotatable bonds is 8. The smallest absolute Gasteiger partial charge is 0.310 e. The van der Waals surface area contributed by atoms with Gasteiger partial charge in [0.25, 0.3) is 0 Å². The van der Waals surface area contributed by atoms with Crippen LogP contribution in [0.2, 0.25) is 0 Å². The lowest BCUT2D eigenvalue weighted by Gasteiger charge is -2.15. The molecule has 0 radical (unpaired) electrons. The zero-order valence-electron chi connectivity index (χ0n) is 16.8. The van der Waals surface area contributed by atoms with Crippen molar-refractivity contribution in [1.29, 1.82) is 0 Å². The van der Waals surface area contributed by atoms with Gasteiger partial charge >= 0.3 is 11.9 Å². The molecule has 0 unspecified atom stereocenters. The number of hydrogen-bond acceptors (Lipinski definition) is 5. The molecule has 0 N–H and O–H groups in total. The van der Waals surface area contributed by atoms with E-state index in [9.17, 15) is 14.4 Å². The lowest BCUT2D eigenvalue weighted by Crippen LogP contribution is -2.11. The van der Waals surface area contributed by atoms with E-state index in [1.54, 1.807) is 50.2 Å². The molecular formula is C23H26O5. The Morgan fingerprint density at radius 2 is 1.21 bits per heavy atom. The number of ketones is 1. The number of ether oxygens (including phenoxy) is 2. The van der Waals surface area contributed by atoms with Crippen LogP contribution in [-0.4, -0.2) is 17.7 Å². The third-order valence-corrected chi connectivity index (χ3v) is 4.41. The summed E-state index contributed by atoms with van der Waals surface area (Å²) in [6, 6.07) is 10.1. The first-order valence-electron chi connectivity index (χ1n) is 9.65. The topological polar surface area (TPSA) is 69.7 Å². The Hall–Kier alpha value is -2.95. The number of hydrogen-bond donors (Lipinski definition) is 0. The second-order valence-corrected chi connectivity index (χ2v) is 6.34. The molecule has 0 aliphatic carbocycles. The van der Waals surface area contributed by atoms with Crippen LogP contribution in [0.15, 0.2) is 36.4 Å². The van der Waals surface area contributed by atoms with Gasteiger partial charge in [-0.25, -0.2) is 0 Å². The molecule has 0 saturated heterocycles. The zero-order chi connectivity index (χ0) is 20.7. The third kappa shape index (κ3) is 5.06. The molecule has 5 nitrogen and oxygen atoms in total. The lowest BCUT2D eigenvalue weighted by atomic mass is 9.95. The van der Waals surface area contributed by atoms with Gasteiger partial charge in [-0.1, -0.05) is 27.7 Å². The Labute approximate surface area is 165 Å². The summed E-state index contributed by atoms with van der Waals surface area (Å²) in [6.07, 6.45) is 1.87. The molecule has 0 aromatic heterocycles. The summed E-state index contributed by atoms with van der Waals surface area (Å²) < 4.78 is 10.7. The van der Waals surface area contributed by atoms with Gasteiger partial charge in [-0.2, -0.15) is 0 Å². The summed E-state index contributed by atoms with van der Waals surface area (Å²) in [5.41, 5.74) is 2.71. The maximum absolute atomic E-state index is 12.9. The number of carbonyl (C=O) groups excluding carboxylic acids is 3. The highest BCUT2D eigenvalue weighted by atomic mass is 16.5. The highest BCUT2D eigenvalue weighted by Gasteiger charge is 2.18. The molecule has 2 aromatic rings. The van der Waals surface area contributed by atoms with Crippen molar-refractivity contribution in [3.8, 4) is 11.5 Å². The van der Waals surface area contributed by atoms with E-state index >= 15 is 0 Å². The van der Waals surface area contributed by atoms with E-state index in [4.69, 9.17) is 9.47 Å². The van der Waals surface area contributed by atoms with E-state index in [2.05, 4.69) is 0 Å². The van der Waals surface area contributed by atoms with Gasteiger partial charge in [-0.05, 0) is 60.4 Å². The number of esters is 2. The van der Waals surface area contributed by atoms with Crippen molar-refractivity contribution in [3.05, 3.63) is 58.7 Å². The van der Waals surface area contributed by atoms with E-state index < -0.39 is 0 Å². The van der Waals surface area contributed by atoms with Gasteiger partial charge in [0.1, 0.15) is 11.5 Å². The van der Waals surface area contributed by atoms with Crippen molar-refractivity contribution >= 4 is 17.7 Å². The molecule has 148 valence electrons. The van der Waals surface area contributed by atoms with Crippen LogP contribution < -0.4 is 9.47 Å². The second-order valence-electron chi connectivity index (χ2n) is 6.34. The highest BCUT2D eigenvalue weighted by molar-refractivity contribution is 6.09. The van der Waals surface area contributed by atoms with Crippen LogP contribution in [0.4, 0.5) is 0 Å². The molecule has 0 spiro atoms. The summed E-state index contributed by atoms with van der Waals surface area (Å²) in [5, 5.41) is 0. The molecule has 5 heteroatoms. The Morgan fingerprint density at radius 1 is 0.714 bits per heavy atom. The Bertz CT molecular complexity index is 840. The van der Waals surface area contributed by atoms with Crippen LogP contribution in [0, 0.1) is 0 Å². The first-order chi connectivity index (χ1) is 13.4. The summed E-state index contributed by atoms with van der Waals surface area (Å²) in [7, 11) is 0. The predicted molar refractivity (Wildman–Crippen MR) is 107 cm³/mol. The van der Waals surface area contributed by atoms with Crippen LogP contribution in [0.25, 0.3) is 0 Å². The minimum atomic E-state index is -0.323. The Kier molecular flexibility index (Phi) is 7.50. The standard InChI is InChI=1S/C23H26O5/c1-5-15-13-18(14-16(6-2)23(15)28-21(25)8-4)22(26)17-9-11-19(12-10-17)27-20(24)7-3/h9-14H,5-8H2,1-4H3. The maximum atomic E-state index is 12.9. The quantitative estimate of drug-likeness (QED) is 0.377. The van der Waals surface area contributed by atoms with Crippen molar-refractivity contribution in [2.24, 2.45) is 0 Å². The highest BCUT2D eigenvalue weighted by Crippen LogP contribution is 2.29. The average molecular weight is 382 g/mol. The molecule has 0 saturated carbocycles. The van der Waals surface area contributed by atoms with Crippen molar-refractivity contribution in [2.75, 3.05) is 0 Å². The number of carbonyl (C=O) groups is 3. The van der Waals surface area contributed by atoms with Crippen LogP contribution in [-0.2, 0) is 22.4 Å². The van der Waals surface area contributed by atoms with Crippen LogP contribution >= 0.6 is 0 Å². The van der Waals surface area contributed by atoms with E-state index in [-0.39, 0.29) is 24.1 Å². The number of aryl methyl sites for hydroxylation is 2. The van der Waals surface area contributed by atoms with Crippen LogP contribution in [0.5, 0.6) is 11.5 Å². The number of benzene rings is 2. The molecular weight excluding hydrogens is 356 g/mol. The van der Waals surface area contributed by atoms with Crippen molar-refractivity contribution in [3.63, 3.8) is 0 Å². The van der Waals surface area contributed by atoms with Gasteiger partial charge in [0, 0.05) is 24.0 Å². The normalized spacial score (nSPS) is 10.4. The zero-order valence-corrected chi connectivity index (χ0v) is 16.8. The Morgan fingerprint density at radius 3 is 1.68 bits per heavy atom. The molecule has 28 heavy (non-hydrogen) atoms. The predicted octanol–water partition coefficient (Wildman–Crippen LogP) is 4.67. The summed E-state index contributed by atoms with van der Waals surface area (Å²) in [6.45, 7) is 7.39. The van der Waals surface area contributed by atoms with Crippen molar-refractivity contribution in [1.82, 2.24) is 0 Å². The maximum Gasteiger partial charge on any atom is 0.310 e. The second kappa shape index (κ2) is 9.83. The van der Waals surface area contributed by atoms with Gasteiger partial charge in [0.2, 0.25) is 0 Å². The van der Waals surface area contributed by atoms with Crippen molar-refractivity contribution in [2.45, 2.75) is 53.4 Å². The van der Waals surface area contributed by atoms with Gasteiger partial charge in [-0.3, -0.25) is 14.4 Å². The summed E-state index contributed by atoms with van der Waals surface area (Å²) in [4.78, 5) is 36.1. The lowest BCUT2D eigenvalue weighted by molar-refractivity contribution is -0.135. The van der Waals surface area contributed by atoms with Crippen LogP contribution in [0.1, 0.15) is 67.6 Å². The fourth-order valence-corrected chi connectivity index (χ4v) is 2.77.